The van der Waals surface area contributed by atoms with Gasteiger partial charge in [-0.15, -0.1) is 37.2 Å². The molecule has 0 heterocycles. The van der Waals surface area contributed by atoms with Crippen molar-refractivity contribution < 1.29 is 4.79 Å². The second kappa shape index (κ2) is 22.7. The van der Waals surface area contributed by atoms with E-state index in [1.807, 2.05) is 0 Å². The van der Waals surface area contributed by atoms with E-state index in [-0.39, 0.29) is 37.2 Å². The Bertz CT molecular complexity index is 50.3. The third kappa shape index (κ3) is 23.6. The topological polar surface area (TPSA) is 17.1 Å². The summed E-state index contributed by atoms with van der Waals surface area (Å²) in [5.74, 6) is 0. The lowest BCUT2D eigenvalue weighted by Crippen LogP contribution is -1.73. The molecule has 0 N–H and O–H groups in total. The fourth-order valence-electron chi connectivity index (χ4n) is 0.478. The molecule has 0 aliphatic carbocycles. The van der Waals surface area contributed by atoms with Crippen LogP contribution in [-0.4, -0.2) is 6.29 Å². The second-order valence-corrected chi connectivity index (χ2v) is 1.66. The van der Waals surface area contributed by atoms with Crippen LogP contribution < -0.4 is 0 Å². The van der Waals surface area contributed by atoms with Gasteiger partial charge in [-0.3, -0.25) is 0 Å². The average Bonchev–Trinajstić information content (AvgIpc) is 1.69. The van der Waals surface area contributed by atoms with Gasteiger partial charge >= 0.3 is 0 Å². The lowest BCUT2D eigenvalue weighted by atomic mass is 10.2. The molecule has 0 radical (unpaired) electrons. The summed E-state index contributed by atoms with van der Waals surface area (Å²) in [6.07, 6.45) is 5.19. The molecule has 4 heteroatoms. The zero-order valence-corrected chi connectivity index (χ0v) is 8.49. The molecule has 0 aliphatic heterocycles. The summed E-state index contributed by atoms with van der Waals surface area (Å²) in [7, 11) is 0. The Labute approximate surface area is 81.2 Å². The maximum atomic E-state index is 9.68. The minimum absolute atomic E-state index is 0. The van der Waals surface area contributed by atoms with E-state index in [9.17, 15) is 4.79 Å². The summed E-state index contributed by atoms with van der Waals surface area (Å²) in [4.78, 5) is 9.68. The van der Waals surface area contributed by atoms with Crippen LogP contribution in [0.5, 0.6) is 0 Å². The highest BCUT2D eigenvalue weighted by atomic mass is 35.5. The molecule has 0 amide bonds. The van der Waals surface area contributed by atoms with Crippen LogP contribution in [0.3, 0.4) is 0 Å². The highest BCUT2D eigenvalue weighted by molar-refractivity contribution is 5.86. The molecule has 0 unspecified atom stereocenters. The van der Waals surface area contributed by atoms with Crippen molar-refractivity contribution in [3.8, 4) is 0 Å². The lowest BCUT2D eigenvalue weighted by molar-refractivity contribution is -0.107. The summed E-state index contributed by atoms with van der Waals surface area (Å²) < 4.78 is 0. The van der Waals surface area contributed by atoms with Crippen LogP contribution in [0, 0.1) is 0 Å². The first-order valence-electron chi connectivity index (χ1n) is 2.85. The number of carbonyl (C=O) groups is 1. The van der Waals surface area contributed by atoms with Gasteiger partial charge in [-0.1, -0.05) is 19.8 Å². The summed E-state index contributed by atoms with van der Waals surface area (Å²) in [5.41, 5.74) is 0. The van der Waals surface area contributed by atoms with Crippen LogP contribution in [-0.2, 0) is 4.79 Å². The summed E-state index contributed by atoms with van der Waals surface area (Å²) in [6.45, 7) is 2.13. The Balaban J connectivity index is -0.0000000600. The van der Waals surface area contributed by atoms with Crippen molar-refractivity contribution >= 4 is 43.5 Å². The minimum atomic E-state index is 0. The molecule has 0 bridgehead atoms. The maximum absolute atomic E-state index is 9.68. The molecular weight excluding hydrogens is 194 g/mol. The number of unbranched alkanes of at least 4 members (excludes halogenated alkanes) is 3. The van der Waals surface area contributed by atoms with Gasteiger partial charge in [0.2, 0.25) is 0 Å². The second-order valence-electron chi connectivity index (χ2n) is 1.66. The maximum Gasteiger partial charge on any atom is 0.119 e. The summed E-state index contributed by atoms with van der Waals surface area (Å²) in [6, 6.07) is 0. The van der Waals surface area contributed by atoms with Crippen LogP contribution in [0.4, 0.5) is 0 Å². The highest BCUT2D eigenvalue weighted by Gasteiger charge is 1.80. The van der Waals surface area contributed by atoms with Crippen molar-refractivity contribution in [2.24, 2.45) is 0 Å². The van der Waals surface area contributed by atoms with Gasteiger partial charge in [0, 0.05) is 6.42 Å². The monoisotopic (exact) mass is 208 g/mol. The molecule has 0 fully saturated rings. The first-order chi connectivity index (χ1) is 3.41. The zero-order chi connectivity index (χ0) is 5.54. The predicted molar refractivity (Wildman–Crippen MR) is 52.0 cm³/mol. The van der Waals surface area contributed by atoms with Crippen LogP contribution in [0.1, 0.15) is 32.6 Å². The Hall–Kier alpha value is 0.540. The molecule has 0 aromatic carbocycles. The summed E-state index contributed by atoms with van der Waals surface area (Å²) in [5, 5.41) is 0. The fourth-order valence-corrected chi connectivity index (χ4v) is 0.478. The van der Waals surface area contributed by atoms with E-state index in [4.69, 9.17) is 0 Å². The van der Waals surface area contributed by atoms with Gasteiger partial charge in [0.1, 0.15) is 6.29 Å². The molecule has 0 spiro atoms. The van der Waals surface area contributed by atoms with Crippen molar-refractivity contribution in [1.82, 2.24) is 0 Å². The molecule has 0 aromatic heterocycles. The smallest absolute Gasteiger partial charge is 0.119 e. The number of hydrogen-bond donors (Lipinski definition) is 0. The van der Waals surface area contributed by atoms with E-state index in [0.717, 1.165) is 19.1 Å². The van der Waals surface area contributed by atoms with Crippen molar-refractivity contribution in [2.75, 3.05) is 0 Å². The molecule has 0 saturated heterocycles. The van der Waals surface area contributed by atoms with Gasteiger partial charge in [-0.2, -0.15) is 0 Å². The molecular formula is C6H15Cl3O. The quantitative estimate of drug-likeness (QED) is 0.514. The SMILES string of the molecule is CCCCCC=O.Cl.Cl.Cl. The predicted octanol–water partition coefficient (Wildman–Crippen LogP) is 3.03. The minimum Gasteiger partial charge on any atom is -0.303 e. The van der Waals surface area contributed by atoms with E-state index in [1.54, 1.807) is 0 Å². The third-order valence-corrected chi connectivity index (χ3v) is 0.926. The molecule has 0 atom stereocenters. The Kier molecular flexibility index (Phi) is 50.8. The Morgan fingerprint density at radius 1 is 1.10 bits per heavy atom. The Morgan fingerprint density at radius 3 is 1.90 bits per heavy atom. The van der Waals surface area contributed by atoms with E-state index >= 15 is 0 Å². The number of rotatable bonds is 4. The van der Waals surface area contributed by atoms with Crippen LogP contribution in [0.2, 0.25) is 0 Å². The number of carbonyl (C=O) groups excluding carboxylic acids is 1. The lowest BCUT2D eigenvalue weighted by Gasteiger charge is -1.85. The van der Waals surface area contributed by atoms with Gasteiger partial charge in [0.15, 0.2) is 0 Å². The van der Waals surface area contributed by atoms with Gasteiger partial charge in [-0.05, 0) is 6.42 Å². The molecule has 10 heavy (non-hydrogen) atoms. The normalized spacial score (nSPS) is 6.10. The molecule has 0 rings (SSSR count). The van der Waals surface area contributed by atoms with Gasteiger partial charge in [0.25, 0.3) is 0 Å². The first kappa shape index (κ1) is 22.4. The number of aldehydes is 1. The third-order valence-electron chi connectivity index (χ3n) is 0.926. The van der Waals surface area contributed by atoms with Crippen molar-refractivity contribution in [1.29, 1.82) is 0 Å². The van der Waals surface area contributed by atoms with Crippen LogP contribution in [0.15, 0.2) is 0 Å². The van der Waals surface area contributed by atoms with E-state index in [2.05, 4.69) is 6.92 Å². The Morgan fingerprint density at radius 2 is 1.60 bits per heavy atom. The fraction of sp³-hybridized carbons (Fsp3) is 0.833. The van der Waals surface area contributed by atoms with Gasteiger partial charge in [-0.25, -0.2) is 0 Å². The molecule has 0 aliphatic rings. The van der Waals surface area contributed by atoms with E-state index in [1.165, 1.54) is 12.8 Å². The molecule has 66 valence electrons. The zero-order valence-electron chi connectivity index (χ0n) is 6.04. The number of halogens is 3. The highest BCUT2D eigenvalue weighted by Crippen LogP contribution is 1.94. The molecule has 0 aromatic rings. The number of hydrogen-bond acceptors (Lipinski definition) is 1. The van der Waals surface area contributed by atoms with Gasteiger partial charge in [0.05, 0.1) is 0 Å². The van der Waals surface area contributed by atoms with Crippen molar-refractivity contribution in [2.45, 2.75) is 32.6 Å². The van der Waals surface area contributed by atoms with Crippen LogP contribution >= 0.6 is 37.2 Å². The summed E-state index contributed by atoms with van der Waals surface area (Å²) >= 11 is 0. The van der Waals surface area contributed by atoms with E-state index in [0.29, 0.717) is 0 Å². The largest absolute Gasteiger partial charge is 0.303 e. The first-order valence-corrected chi connectivity index (χ1v) is 2.85. The van der Waals surface area contributed by atoms with Crippen LogP contribution in [0.25, 0.3) is 0 Å². The van der Waals surface area contributed by atoms with Gasteiger partial charge < -0.3 is 4.79 Å². The molecule has 1 nitrogen and oxygen atoms in total. The van der Waals surface area contributed by atoms with Crippen molar-refractivity contribution in [3.63, 3.8) is 0 Å². The average molecular weight is 210 g/mol. The van der Waals surface area contributed by atoms with Crippen molar-refractivity contribution in [3.05, 3.63) is 0 Å². The standard InChI is InChI=1S/C6H12O.3ClH/c1-2-3-4-5-6-7;;;/h6H,2-5H2,1H3;3*1H. The van der Waals surface area contributed by atoms with E-state index < -0.39 is 0 Å². The molecule has 0 saturated carbocycles.